The van der Waals surface area contributed by atoms with Gasteiger partial charge in [-0.05, 0) is 29.2 Å². The Labute approximate surface area is 158 Å². The number of rotatable bonds is 4. The van der Waals surface area contributed by atoms with Crippen molar-refractivity contribution in [3.63, 3.8) is 0 Å². The topological polar surface area (TPSA) is 57.7 Å². The number of amides is 3. The van der Waals surface area contributed by atoms with Gasteiger partial charge in [-0.1, -0.05) is 55.3 Å². The summed E-state index contributed by atoms with van der Waals surface area (Å²) in [6, 6.07) is 14.1. The van der Waals surface area contributed by atoms with E-state index in [0.29, 0.717) is 6.54 Å². The van der Waals surface area contributed by atoms with Gasteiger partial charge in [-0.25, -0.2) is 0 Å². The molecule has 4 rings (SSSR count). The van der Waals surface area contributed by atoms with Gasteiger partial charge in [0.05, 0.1) is 11.8 Å². The summed E-state index contributed by atoms with van der Waals surface area (Å²) in [6.45, 7) is 0.301. The molecule has 27 heavy (non-hydrogen) atoms. The molecule has 140 valence electrons. The van der Waals surface area contributed by atoms with Gasteiger partial charge in [-0.3, -0.25) is 19.3 Å². The molecule has 5 heteroatoms. The number of fused-ring (bicyclic) bond motifs is 2. The Morgan fingerprint density at radius 3 is 2.33 bits per heavy atom. The van der Waals surface area contributed by atoms with Crippen molar-refractivity contribution in [2.75, 3.05) is 13.6 Å². The van der Waals surface area contributed by atoms with Crippen molar-refractivity contribution in [3.05, 3.63) is 48.0 Å². The SMILES string of the molecule is CN(Cc1cccc2ccccc12)C(=O)CN1C(=O)C2CCCCC2C1=O. The Kier molecular flexibility index (Phi) is 4.68. The number of likely N-dealkylation sites (tertiary alicyclic amines) is 1. The van der Waals surface area contributed by atoms with Crippen molar-refractivity contribution in [3.8, 4) is 0 Å². The van der Waals surface area contributed by atoms with E-state index in [1.165, 1.54) is 4.90 Å². The minimum absolute atomic E-state index is 0.147. The highest BCUT2D eigenvalue weighted by molar-refractivity contribution is 6.07. The second kappa shape index (κ2) is 7.14. The van der Waals surface area contributed by atoms with Gasteiger partial charge in [-0.15, -0.1) is 0 Å². The normalized spacial score (nSPS) is 22.2. The number of likely N-dealkylation sites (N-methyl/N-ethyl adjacent to an activating group) is 1. The molecule has 3 amide bonds. The average molecular weight is 364 g/mol. The van der Waals surface area contributed by atoms with Crippen molar-refractivity contribution < 1.29 is 14.4 Å². The average Bonchev–Trinajstić information content (AvgIpc) is 2.93. The summed E-state index contributed by atoms with van der Waals surface area (Å²) in [7, 11) is 1.72. The van der Waals surface area contributed by atoms with Gasteiger partial charge in [0.15, 0.2) is 0 Å². The van der Waals surface area contributed by atoms with Crippen LogP contribution >= 0.6 is 0 Å². The van der Waals surface area contributed by atoms with Crippen molar-refractivity contribution >= 4 is 28.5 Å². The second-order valence-electron chi connectivity index (χ2n) is 7.65. The smallest absolute Gasteiger partial charge is 0.242 e. The summed E-state index contributed by atoms with van der Waals surface area (Å²) in [5.41, 5.74) is 1.05. The predicted molar refractivity (Wildman–Crippen MR) is 103 cm³/mol. The molecule has 5 nitrogen and oxygen atoms in total. The Balaban J connectivity index is 1.46. The van der Waals surface area contributed by atoms with Crippen molar-refractivity contribution in [1.29, 1.82) is 0 Å². The quantitative estimate of drug-likeness (QED) is 0.784. The molecule has 0 N–H and O–H groups in total. The molecule has 0 aromatic heterocycles. The van der Waals surface area contributed by atoms with E-state index in [1.807, 2.05) is 42.5 Å². The summed E-state index contributed by atoms with van der Waals surface area (Å²) in [5.74, 6) is -0.929. The van der Waals surface area contributed by atoms with Crippen LogP contribution < -0.4 is 0 Å². The van der Waals surface area contributed by atoms with Gasteiger partial charge in [-0.2, -0.15) is 0 Å². The van der Waals surface area contributed by atoms with Crippen LogP contribution in [0.5, 0.6) is 0 Å². The zero-order valence-corrected chi connectivity index (χ0v) is 15.6. The van der Waals surface area contributed by atoms with Crippen LogP contribution in [0.4, 0.5) is 0 Å². The molecule has 2 aliphatic rings. The Hall–Kier alpha value is -2.69. The van der Waals surface area contributed by atoms with Gasteiger partial charge in [0.2, 0.25) is 17.7 Å². The van der Waals surface area contributed by atoms with Crippen LogP contribution in [0.25, 0.3) is 10.8 Å². The van der Waals surface area contributed by atoms with Gasteiger partial charge in [0.25, 0.3) is 0 Å². The third kappa shape index (κ3) is 3.22. The fourth-order valence-corrected chi connectivity index (χ4v) is 4.42. The predicted octanol–water partition coefficient (Wildman–Crippen LogP) is 2.97. The molecule has 1 saturated heterocycles. The van der Waals surface area contributed by atoms with E-state index in [0.717, 1.165) is 42.0 Å². The van der Waals surface area contributed by atoms with Gasteiger partial charge in [0.1, 0.15) is 6.54 Å². The lowest BCUT2D eigenvalue weighted by atomic mass is 9.81. The highest BCUT2D eigenvalue weighted by atomic mass is 16.2. The first kappa shape index (κ1) is 17.7. The second-order valence-corrected chi connectivity index (χ2v) is 7.65. The number of hydrogen-bond acceptors (Lipinski definition) is 3. The molecule has 0 radical (unpaired) electrons. The van der Waals surface area contributed by atoms with E-state index in [2.05, 4.69) is 0 Å². The molecular formula is C22H24N2O3. The Morgan fingerprint density at radius 2 is 1.63 bits per heavy atom. The van der Waals surface area contributed by atoms with E-state index < -0.39 is 0 Å². The van der Waals surface area contributed by atoms with Crippen LogP contribution in [0, 0.1) is 11.8 Å². The highest BCUT2D eigenvalue weighted by Gasteiger charge is 2.48. The molecule has 0 bridgehead atoms. The Morgan fingerprint density at radius 1 is 1.00 bits per heavy atom. The monoisotopic (exact) mass is 364 g/mol. The zero-order valence-electron chi connectivity index (χ0n) is 15.6. The largest absolute Gasteiger partial charge is 0.340 e. The highest BCUT2D eigenvalue weighted by Crippen LogP contribution is 2.37. The molecule has 2 aromatic rings. The third-order valence-electron chi connectivity index (χ3n) is 5.94. The van der Waals surface area contributed by atoms with Crippen LogP contribution in [0.3, 0.4) is 0 Å². The maximum Gasteiger partial charge on any atom is 0.242 e. The Bertz CT molecular complexity index is 878. The lowest BCUT2D eigenvalue weighted by Gasteiger charge is -2.22. The van der Waals surface area contributed by atoms with E-state index >= 15 is 0 Å². The molecular weight excluding hydrogens is 340 g/mol. The number of carbonyl (C=O) groups excluding carboxylic acids is 3. The first-order chi connectivity index (χ1) is 13.1. The van der Waals surface area contributed by atoms with Crippen LogP contribution in [0.15, 0.2) is 42.5 Å². The number of hydrogen-bond donors (Lipinski definition) is 0. The van der Waals surface area contributed by atoms with E-state index in [1.54, 1.807) is 11.9 Å². The first-order valence-electron chi connectivity index (χ1n) is 9.62. The minimum atomic E-state index is -0.206. The fraction of sp³-hybridized carbons (Fsp3) is 0.409. The molecule has 2 atom stereocenters. The zero-order chi connectivity index (χ0) is 19.0. The summed E-state index contributed by atoms with van der Waals surface area (Å²) in [4.78, 5) is 40.7. The maximum atomic E-state index is 12.7. The van der Waals surface area contributed by atoms with Gasteiger partial charge >= 0.3 is 0 Å². The van der Waals surface area contributed by atoms with E-state index in [-0.39, 0.29) is 36.1 Å². The molecule has 1 heterocycles. The molecule has 1 aliphatic heterocycles. The molecule has 1 aliphatic carbocycles. The lowest BCUT2D eigenvalue weighted by molar-refractivity contribution is -0.146. The van der Waals surface area contributed by atoms with Crippen molar-refractivity contribution in [2.24, 2.45) is 11.8 Å². The standard InChI is InChI=1S/C22H24N2O3/c1-23(13-16-9-6-8-15-7-2-3-10-17(15)16)20(25)14-24-21(26)18-11-4-5-12-19(18)22(24)27/h2-3,6-10,18-19H,4-5,11-14H2,1H3. The summed E-state index contributed by atoms with van der Waals surface area (Å²) >= 11 is 0. The summed E-state index contributed by atoms with van der Waals surface area (Å²) < 4.78 is 0. The number of carbonyl (C=O) groups is 3. The molecule has 1 saturated carbocycles. The van der Waals surface area contributed by atoms with Crippen molar-refractivity contribution in [1.82, 2.24) is 9.80 Å². The van der Waals surface area contributed by atoms with E-state index in [9.17, 15) is 14.4 Å². The van der Waals surface area contributed by atoms with Crippen LogP contribution in [0.2, 0.25) is 0 Å². The van der Waals surface area contributed by atoms with Crippen LogP contribution in [-0.4, -0.2) is 41.1 Å². The molecule has 0 spiro atoms. The first-order valence-corrected chi connectivity index (χ1v) is 9.62. The van der Waals surface area contributed by atoms with Crippen molar-refractivity contribution in [2.45, 2.75) is 32.2 Å². The summed E-state index contributed by atoms with van der Waals surface area (Å²) in [5, 5.41) is 2.24. The van der Waals surface area contributed by atoms with Crippen LogP contribution in [-0.2, 0) is 20.9 Å². The van der Waals surface area contributed by atoms with E-state index in [4.69, 9.17) is 0 Å². The molecule has 2 aromatic carbocycles. The maximum absolute atomic E-state index is 12.7. The number of imide groups is 1. The number of nitrogens with zero attached hydrogens (tertiary/aromatic N) is 2. The van der Waals surface area contributed by atoms with Crippen LogP contribution in [0.1, 0.15) is 31.2 Å². The number of benzene rings is 2. The van der Waals surface area contributed by atoms with Gasteiger partial charge < -0.3 is 4.90 Å². The third-order valence-corrected chi connectivity index (χ3v) is 5.94. The van der Waals surface area contributed by atoms with Gasteiger partial charge in [0, 0.05) is 13.6 Å². The molecule has 2 fully saturated rings. The molecule has 2 unspecified atom stereocenters. The fourth-order valence-electron chi connectivity index (χ4n) is 4.42. The minimum Gasteiger partial charge on any atom is -0.340 e. The lowest BCUT2D eigenvalue weighted by Crippen LogP contribution is -2.41. The summed E-state index contributed by atoms with van der Waals surface area (Å²) in [6.07, 6.45) is 3.52.